The number of piperazine rings is 1. The second-order valence-corrected chi connectivity index (χ2v) is 7.42. The van der Waals surface area contributed by atoms with Gasteiger partial charge in [-0.05, 0) is 44.8 Å². The average molecular weight is 332 g/mol. The molecule has 0 radical (unpaired) electrons. The fourth-order valence-electron chi connectivity index (χ4n) is 3.08. The van der Waals surface area contributed by atoms with E-state index in [1.165, 1.54) is 11.3 Å². The van der Waals surface area contributed by atoms with Gasteiger partial charge in [-0.3, -0.25) is 4.79 Å². The van der Waals surface area contributed by atoms with Crippen LogP contribution in [0.2, 0.25) is 0 Å². The Labute approximate surface area is 147 Å². The number of hydrogen-bond donors (Lipinski definition) is 0. The van der Waals surface area contributed by atoms with Gasteiger partial charge in [0.25, 0.3) is 0 Å². The molecule has 0 unspecified atom stereocenters. The molecule has 24 heavy (non-hydrogen) atoms. The van der Waals surface area contributed by atoms with E-state index >= 15 is 0 Å². The number of benzene rings is 1. The standard InChI is InChI=1S/C20H33N3O/c1-17(2)20(24)6-5-11-22(4)16-18-7-9-19(10-8-18)23-14-12-21(3)13-15-23/h7-10,17H,5-6,11-16H2,1-4H3. The molecule has 4 nitrogen and oxygen atoms in total. The number of anilines is 1. The van der Waals surface area contributed by atoms with Gasteiger partial charge in [0.2, 0.25) is 0 Å². The molecule has 0 spiro atoms. The first-order valence-electron chi connectivity index (χ1n) is 9.19. The van der Waals surface area contributed by atoms with E-state index in [0.717, 1.165) is 45.7 Å². The van der Waals surface area contributed by atoms with E-state index in [9.17, 15) is 4.79 Å². The molecular weight excluding hydrogens is 298 g/mol. The van der Waals surface area contributed by atoms with Gasteiger partial charge >= 0.3 is 0 Å². The summed E-state index contributed by atoms with van der Waals surface area (Å²) in [6, 6.07) is 8.97. The Morgan fingerprint density at radius 3 is 2.33 bits per heavy atom. The van der Waals surface area contributed by atoms with Gasteiger partial charge < -0.3 is 14.7 Å². The Balaban J connectivity index is 1.75. The van der Waals surface area contributed by atoms with Gasteiger partial charge in [-0.2, -0.15) is 0 Å². The highest BCUT2D eigenvalue weighted by Crippen LogP contribution is 2.17. The molecular formula is C20H33N3O. The largest absolute Gasteiger partial charge is 0.369 e. The number of ketones is 1. The van der Waals surface area contributed by atoms with Crippen molar-refractivity contribution < 1.29 is 4.79 Å². The molecule has 0 amide bonds. The molecule has 134 valence electrons. The third-order valence-electron chi connectivity index (χ3n) is 4.86. The molecule has 1 fully saturated rings. The number of carbonyl (C=O) groups is 1. The second-order valence-electron chi connectivity index (χ2n) is 7.42. The summed E-state index contributed by atoms with van der Waals surface area (Å²) in [4.78, 5) is 18.8. The highest BCUT2D eigenvalue weighted by molar-refractivity contribution is 5.80. The van der Waals surface area contributed by atoms with Crippen LogP contribution in [0, 0.1) is 5.92 Å². The van der Waals surface area contributed by atoms with Crippen molar-refractivity contribution in [3.8, 4) is 0 Å². The lowest BCUT2D eigenvalue weighted by molar-refractivity contribution is -0.122. The van der Waals surface area contributed by atoms with Crippen LogP contribution in [0.4, 0.5) is 5.69 Å². The fourth-order valence-corrected chi connectivity index (χ4v) is 3.08. The molecule has 1 aliphatic heterocycles. The van der Waals surface area contributed by atoms with E-state index in [-0.39, 0.29) is 5.92 Å². The van der Waals surface area contributed by atoms with Gasteiger partial charge in [0, 0.05) is 50.7 Å². The zero-order valence-electron chi connectivity index (χ0n) is 15.8. The van der Waals surface area contributed by atoms with Crippen LogP contribution in [0.3, 0.4) is 0 Å². The summed E-state index contributed by atoms with van der Waals surface area (Å²) in [5.74, 6) is 0.539. The van der Waals surface area contributed by atoms with E-state index in [0.29, 0.717) is 12.2 Å². The number of likely N-dealkylation sites (N-methyl/N-ethyl adjacent to an activating group) is 1. The minimum absolute atomic E-state index is 0.164. The average Bonchev–Trinajstić information content (AvgIpc) is 2.56. The quantitative estimate of drug-likeness (QED) is 0.732. The molecule has 0 bridgehead atoms. The van der Waals surface area contributed by atoms with Gasteiger partial charge in [-0.15, -0.1) is 0 Å². The predicted molar refractivity (Wildman–Crippen MR) is 102 cm³/mol. The van der Waals surface area contributed by atoms with E-state index < -0.39 is 0 Å². The Hall–Kier alpha value is -1.39. The van der Waals surface area contributed by atoms with Crippen molar-refractivity contribution in [3.05, 3.63) is 29.8 Å². The van der Waals surface area contributed by atoms with E-state index in [1.54, 1.807) is 0 Å². The zero-order chi connectivity index (χ0) is 17.5. The highest BCUT2D eigenvalue weighted by atomic mass is 16.1. The summed E-state index contributed by atoms with van der Waals surface area (Å²) >= 11 is 0. The van der Waals surface area contributed by atoms with Gasteiger partial charge in [0.05, 0.1) is 0 Å². The van der Waals surface area contributed by atoms with Crippen molar-refractivity contribution in [2.75, 3.05) is 51.7 Å². The maximum Gasteiger partial charge on any atom is 0.135 e. The maximum absolute atomic E-state index is 11.7. The van der Waals surface area contributed by atoms with Crippen molar-refractivity contribution in [2.45, 2.75) is 33.2 Å². The van der Waals surface area contributed by atoms with Gasteiger partial charge in [-0.25, -0.2) is 0 Å². The van der Waals surface area contributed by atoms with Crippen molar-refractivity contribution in [2.24, 2.45) is 5.92 Å². The molecule has 1 aromatic rings. The summed E-state index contributed by atoms with van der Waals surface area (Å²) in [6.45, 7) is 10.4. The molecule has 0 N–H and O–H groups in total. The summed E-state index contributed by atoms with van der Waals surface area (Å²) in [5, 5.41) is 0. The molecule has 1 aromatic carbocycles. The summed E-state index contributed by atoms with van der Waals surface area (Å²) in [6.07, 6.45) is 1.65. The van der Waals surface area contributed by atoms with Crippen molar-refractivity contribution >= 4 is 11.5 Å². The predicted octanol–water partition coefficient (Wildman–Crippen LogP) is 2.88. The smallest absolute Gasteiger partial charge is 0.135 e. The number of rotatable bonds is 8. The Bertz CT molecular complexity index is 504. The minimum Gasteiger partial charge on any atom is -0.369 e. The lowest BCUT2D eigenvalue weighted by atomic mass is 10.0. The number of carbonyl (C=O) groups excluding carboxylic acids is 1. The van der Waals surface area contributed by atoms with Gasteiger partial charge in [-0.1, -0.05) is 26.0 Å². The molecule has 0 aliphatic carbocycles. The highest BCUT2D eigenvalue weighted by Gasteiger charge is 2.14. The van der Waals surface area contributed by atoms with Crippen LogP contribution in [0.15, 0.2) is 24.3 Å². The topological polar surface area (TPSA) is 26.8 Å². The molecule has 2 rings (SSSR count). The van der Waals surface area contributed by atoms with Crippen LogP contribution < -0.4 is 4.90 Å². The van der Waals surface area contributed by atoms with Crippen molar-refractivity contribution in [1.29, 1.82) is 0 Å². The molecule has 0 atom stereocenters. The number of Topliss-reactive ketones (excluding diaryl/α,β-unsaturated/α-hetero) is 1. The van der Waals surface area contributed by atoms with Crippen LogP contribution in [-0.2, 0) is 11.3 Å². The van der Waals surface area contributed by atoms with Crippen LogP contribution in [0.1, 0.15) is 32.3 Å². The van der Waals surface area contributed by atoms with Gasteiger partial charge in [0.15, 0.2) is 0 Å². The zero-order valence-corrected chi connectivity index (χ0v) is 15.8. The molecule has 0 saturated carbocycles. The molecule has 4 heteroatoms. The fraction of sp³-hybridized carbons (Fsp3) is 0.650. The normalized spacial score (nSPS) is 16.2. The molecule has 1 saturated heterocycles. The van der Waals surface area contributed by atoms with Gasteiger partial charge in [0.1, 0.15) is 5.78 Å². The minimum atomic E-state index is 0.164. The molecule has 1 heterocycles. The number of nitrogens with zero attached hydrogens (tertiary/aromatic N) is 3. The molecule has 0 aromatic heterocycles. The monoisotopic (exact) mass is 331 g/mol. The van der Waals surface area contributed by atoms with Crippen LogP contribution in [0.5, 0.6) is 0 Å². The second kappa shape index (κ2) is 9.19. The summed E-state index contributed by atoms with van der Waals surface area (Å²) < 4.78 is 0. The third kappa shape index (κ3) is 5.91. The van der Waals surface area contributed by atoms with E-state index in [1.807, 2.05) is 13.8 Å². The first-order valence-corrected chi connectivity index (χ1v) is 9.19. The van der Waals surface area contributed by atoms with Crippen molar-refractivity contribution in [3.63, 3.8) is 0 Å². The Morgan fingerprint density at radius 2 is 1.75 bits per heavy atom. The third-order valence-corrected chi connectivity index (χ3v) is 4.86. The van der Waals surface area contributed by atoms with Crippen molar-refractivity contribution in [1.82, 2.24) is 9.80 Å². The summed E-state index contributed by atoms with van der Waals surface area (Å²) in [7, 11) is 4.32. The Morgan fingerprint density at radius 1 is 1.12 bits per heavy atom. The van der Waals surface area contributed by atoms with E-state index in [2.05, 4.69) is 53.1 Å². The lowest BCUT2D eigenvalue weighted by Gasteiger charge is -2.34. The summed E-state index contributed by atoms with van der Waals surface area (Å²) in [5.41, 5.74) is 2.67. The van der Waals surface area contributed by atoms with Crippen LogP contribution >= 0.6 is 0 Å². The maximum atomic E-state index is 11.7. The molecule has 1 aliphatic rings. The number of hydrogen-bond acceptors (Lipinski definition) is 4. The first-order chi connectivity index (χ1) is 11.5. The van der Waals surface area contributed by atoms with Crippen LogP contribution in [-0.4, -0.2) is 62.4 Å². The lowest BCUT2D eigenvalue weighted by Crippen LogP contribution is -2.44. The first kappa shape index (κ1) is 18.9. The Kier molecular flexibility index (Phi) is 7.25. The van der Waals surface area contributed by atoms with Crippen LogP contribution in [0.25, 0.3) is 0 Å². The van der Waals surface area contributed by atoms with E-state index in [4.69, 9.17) is 0 Å². The SMILES string of the molecule is CC(C)C(=O)CCCN(C)Cc1ccc(N2CCN(C)CC2)cc1.